The van der Waals surface area contributed by atoms with Gasteiger partial charge in [-0.3, -0.25) is 4.99 Å². The first kappa shape index (κ1) is 25.0. The molecule has 7 heteroatoms. The minimum Gasteiger partial charge on any atom is -0.381 e. The second-order valence-corrected chi connectivity index (χ2v) is 7.40. The van der Waals surface area contributed by atoms with E-state index < -0.39 is 0 Å². The third-order valence-electron chi connectivity index (χ3n) is 4.78. The van der Waals surface area contributed by atoms with Gasteiger partial charge >= 0.3 is 0 Å². The first-order valence-corrected chi connectivity index (χ1v) is 10.1. The predicted octanol–water partition coefficient (Wildman–Crippen LogP) is 3.35. The maximum absolute atomic E-state index is 5.74. The van der Waals surface area contributed by atoms with E-state index in [2.05, 4.69) is 59.1 Å². The van der Waals surface area contributed by atoms with Gasteiger partial charge in [0.25, 0.3) is 0 Å². The zero-order valence-corrected chi connectivity index (χ0v) is 19.8. The molecule has 0 saturated carbocycles. The lowest BCUT2D eigenvalue weighted by Gasteiger charge is -2.25. The van der Waals surface area contributed by atoms with Gasteiger partial charge in [0.05, 0.1) is 13.2 Å². The Morgan fingerprint density at radius 2 is 2.04 bits per heavy atom. The fourth-order valence-corrected chi connectivity index (χ4v) is 2.97. The average Bonchev–Trinajstić information content (AvgIpc) is 3.20. The number of nitrogens with one attached hydrogen (secondary N) is 3. The van der Waals surface area contributed by atoms with Crippen LogP contribution in [0.15, 0.2) is 35.3 Å². The number of ether oxygens (including phenoxy) is 2. The van der Waals surface area contributed by atoms with Crippen molar-refractivity contribution >= 4 is 35.6 Å². The second kappa shape index (κ2) is 14.9. The molecule has 1 aromatic carbocycles. The fraction of sp³-hybridized carbons (Fsp3) is 0.667. The molecule has 3 N–H and O–H groups in total. The molecule has 1 fully saturated rings. The second-order valence-electron chi connectivity index (χ2n) is 7.40. The maximum atomic E-state index is 5.74. The third-order valence-corrected chi connectivity index (χ3v) is 4.78. The summed E-state index contributed by atoms with van der Waals surface area (Å²) in [6, 6.07) is 10.7. The van der Waals surface area contributed by atoms with E-state index in [1.54, 1.807) is 7.05 Å². The topological polar surface area (TPSA) is 66.9 Å². The van der Waals surface area contributed by atoms with Crippen molar-refractivity contribution in [2.75, 3.05) is 51.9 Å². The Morgan fingerprint density at radius 3 is 2.68 bits per heavy atom. The Balaban J connectivity index is 0.00000392. The van der Waals surface area contributed by atoms with E-state index in [1.165, 1.54) is 0 Å². The molecule has 0 radical (unpaired) electrons. The van der Waals surface area contributed by atoms with Crippen LogP contribution in [-0.2, 0) is 9.47 Å². The van der Waals surface area contributed by atoms with Crippen molar-refractivity contribution in [3.8, 4) is 0 Å². The zero-order valence-electron chi connectivity index (χ0n) is 17.4. The summed E-state index contributed by atoms with van der Waals surface area (Å²) >= 11 is 0. The molecule has 2 rings (SSSR count). The number of para-hydroxylation sites is 1. The molecule has 28 heavy (non-hydrogen) atoms. The van der Waals surface area contributed by atoms with Crippen LogP contribution in [-0.4, -0.2) is 58.6 Å². The molecule has 1 heterocycles. The summed E-state index contributed by atoms with van der Waals surface area (Å²) in [5, 5.41) is 10.4. The van der Waals surface area contributed by atoms with Gasteiger partial charge in [-0.05, 0) is 30.9 Å². The van der Waals surface area contributed by atoms with Crippen molar-refractivity contribution in [3.63, 3.8) is 0 Å². The van der Waals surface area contributed by atoms with Crippen molar-refractivity contribution in [2.45, 2.75) is 32.7 Å². The SMILES string of the molecule is CN=C(NCCCOCC1CCOC1)NCC(Nc1ccccc1)C(C)C.I. The molecule has 1 aromatic rings. The maximum Gasteiger partial charge on any atom is 0.191 e. The van der Waals surface area contributed by atoms with Gasteiger partial charge in [0.2, 0.25) is 0 Å². The van der Waals surface area contributed by atoms with Crippen LogP contribution in [0.4, 0.5) is 5.69 Å². The van der Waals surface area contributed by atoms with Gasteiger partial charge in [0.1, 0.15) is 0 Å². The summed E-state index contributed by atoms with van der Waals surface area (Å²) in [5.41, 5.74) is 1.14. The lowest BCUT2D eigenvalue weighted by Crippen LogP contribution is -2.45. The highest BCUT2D eigenvalue weighted by Crippen LogP contribution is 2.12. The highest BCUT2D eigenvalue weighted by Gasteiger charge is 2.15. The number of benzene rings is 1. The van der Waals surface area contributed by atoms with E-state index in [0.717, 1.165) is 64.0 Å². The molecule has 160 valence electrons. The van der Waals surface area contributed by atoms with Gasteiger partial charge in [-0.25, -0.2) is 0 Å². The van der Waals surface area contributed by atoms with Crippen LogP contribution in [0.2, 0.25) is 0 Å². The molecule has 2 atom stereocenters. The van der Waals surface area contributed by atoms with Crippen LogP contribution >= 0.6 is 24.0 Å². The molecule has 1 aliphatic heterocycles. The van der Waals surface area contributed by atoms with Crippen LogP contribution in [0.1, 0.15) is 26.7 Å². The van der Waals surface area contributed by atoms with Gasteiger partial charge < -0.3 is 25.4 Å². The molecule has 0 amide bonds. The van der Waals surface area contributed by atoms with Gasteiger partial charge in [-0.1, -0.05) is 32.0 Å². The Bertz CT molecular complexity index is 536. The molecule has 1 saturated heterocycles. The third kappa shape index (κ3) is 9.93. The molecule has 2 unspecified atom stereocenters. The molecular formula is C21H37IN4O2. The molecule has 0 bridgehead atoms. The summed E-state index contributed by atoms with van der Waals surface area (Å²) in [7, 11) is 1.81. The van der Waals surface area contributed by atoms with E-state index in [-0.39, 0.29) is 24.0 Å². The van der Waals surface area contributed by atoms with Crippen LogP contribution < -0.4 is 16.0 Å². The first-order chi connectivity index (χ1) is 13.2. The highest BCUT2D eigenvalue weighted by molar-refractivity contribution is 14.0. The zero-order chi connectivity index (χ0) is 19.3. The Kier molecular flexibility index (Phi) is 13.3. The monoisotopic (exact) mass is 504 g/mol. The van der Waals surface area contributed by atoms with E-state index in [0.29, 0.717) is 17.9 Å². The molecule has 0 spiro atoms. The first-order valence-electron chi connectivity index (χ1n) is 10.1. The molecule has 0 aliphatic carbocycles. The summed E-state index contributed by atoms with van der Waals surface area (Å²) in [4.78, 5) is 4.32. The van der Waals surface area contributed by atoms with Crippen LogP contribution in [0, 0.1) is 11.8 Å². The Hall–Kier alpha value is -1.06. The number of halogens is 1. The Morgan fingerprint density at radius 1 is 1.25 bits per heavy atom. The van der Waals surface area contributed by atoms with E-state index in [9.17, 15) is 0 Å². The standard InChI is InChI=1S/C21H36N4O2.HI/c1-17(2)20(25-19-8-5-4-6-9-19)14-24-21(22-3)23-11-7-12-26-15-18-10-13-27-16-18;/h4-6,8-9,17-18,20,25H,7,10-16H2,1-3H3,(H2,22,23,24);1H. The minimum absolute atomic E-state index is 0. The van der Waals surface area contributed by atoms with Gasteiger partial charge in [0, 0.05) is 51.0 Å². The van der Waals surface area contributed by atoms with E-state index >= 15 is 0 Å². The largest absolute Gasteiger partial charge is 0.381 e. The van der Waals surface area contributed by atoms with Crippen molar-refractivity contribution in [1.82, 2.24) is 10.6 Å². The van der Waals surface area contributed by atoms with Crippen LogP contribution in [0.5, 0.6) is 0 Å². The lowest BCUT2D eigenvalue weighted by atomic mass is 10.0. The predicted molar refractivity (Wildman–Crippen MR) is 128 cm³/mol. The summed E-state index contributed by atoms with van der Waals surface area (Å²) in [5.74, 6) is 1.92. The van der Waals surface area contributed by atoms with Crippen LogP contribution in [0.3, 0.4) is 0 Å². The smallest absolute Gasteiger partial charge is 0.191 e. The fourth-order valence-electron chi connectivity index (χ4n) is 2.97. The lowest BCUT2D eigenvalue weighted by molar-refractivity contribution is 0.0888. The molecule has 6 nitrogen and oxygen atoms in total. The average molecular weight is 504 g/mol. The van der Waals surface area contributed by atoms with E-state index in [4.69, 9.17) is 9.47 Å². The van der Waals surface area contributed by atoms with Crippen molar-refractivity contribution < 1.29 is 9.47 Å². The van der Waals surface area contributed by atoms with Gasteiger partial charge in [0.15, 0.2) is 5.96 Å². The number of aliphatic imine (C=N–C) groups is 1. The summed E-state index contributed by atoms with van der Waals surface area (Å²) in [6.07, 6.45) is 2.09. The molecule has 0 aromatic heterocycles. The molecular weight excluding hydrogens is 467 g/mol. The minimum atomic E-state index is 0. The van der Waals surface area contributed by atoms with Gasteiger partial charge in [-0.2, -0.15) is 0 Å². The summed E-state index contributed by atoms with van der Waals surface area (Å²) in [6.45, 7) is 9.43. The summed E-state index contributed by atoms with van der Waals surface area (Å²) < 4.78 is 11.1. The number of guanidine groups is 1. The van der Waals surface area contributed by atoms with Crippen molar-refractivity contribution in [3.05, 3.63) is 30.3 Å². The number of anilines is 1. The number of hydrogen-bond acceptors (Lipinski definition) is 4. The van der Waals surface area contributed by atoms with Crippen LogP contribution in [0.25, 0.3) is 0 Å². The quantitative estimate of drug-likeness (QED) is 0.187. The Labute approximate surface area is 187 Å². The highest BCUT2D eigenvalue weighted by atomic mass is 127. The van der Waals surface area contributed by atoms with Crippen molar-refractivity contribution in [1.29, 1.82) is 0 Å². The number of rotatable bonds is 11. The van der Waals surface area contributed by atoms with Gasteiger partial charge in [-0.15, -0.1) is 24.0 Å². The molecule has 1 aliphatic rings. The van der Waals surface area contributed by atoms with E-state index in [1.807, 2.05) is 6.07 Å². The normalized spacial score (nSPS) is 17.9. The number of hydrogen-bond donors (Lipinski definition) is 3. The number of nitrogens with zero attached hydrogens (tertiary/aromatic N) is 1. The van der Waals surface area contributed by atoms with Crippen molar-refractivity contribution in [2.24, 2.45) is 16.8 Å².